The van der Waals surface area contributed by atoms with E-state index < -0.39 is 5.97 Å². The number of hydrogen-bond donors (Lipinski definition) is 2. The van der Waals surface area contributed by atoms with E-state index in [1.807, 2.05) is 18.2 Å². The van der Waals surface area contributed by atoms with E-state index in [0.717, 1.165) is 17.3 Å². The maximum absolute atomic E-state index is 12.5. The van der Waals surface area contributed by atoms with Crippen LogP contribution in [-0.2, 0) is 4.74 Å². The number of methoxy groups -OCH3 is 3. The highest BCUT2D eigenvalue weighted by Gasteiger charge is 2.22. The molecular weight excluding hydrogens is 440 g/mol. The summed E-state index contributed by atoms with van der Waals surface area (Å²) in [6, 6.07) is 9.35. The number of nitroso groups, excluding NO2 is 1. The molecule has 0 amide bonds. The first kappa shape index (κ1) is 24.2. The summed E-state index contributed by atoms with van der Waals surface area (Å²) in [5.74, 6) is 0.567. The number of benzene rings is 2. The fraction of sp³-hybridized carbons (Fsp3) is 0.208. The third-order valence-corrected chi connectivity index (χ3v) is 5.12. The second kappa shape index (κ2) is 10.4. The highest BCUT2D eigenvalue weighted by atomic mass is 16.5. The van der Waals surface area contributed by atoms with Crippen molar-refractivity contribution in [3.8, 4) is 17.2 Å². The van der Waals surface area contributed by atoms with E-state index in [-0.39, 0.29) is 29.3 Å². The number of carbonyl (C=O) groups is 1. The number of allylic oxidation sites excluding steroid dienone is 1. The number of esters is 1. The zero-order valence-corrected chi connectivity index (χ0v) is 19.2. The molecule has 0 spiro atoms. The van der Waals surface area contributed by atoms with Gasteiger partial charge in [-0.05, 0) is 30.3 Å². The van der Waals surface area contributed by atoms with Crippen molar-refractivity contribution in [1.29, 1.82) is 5.41 Å². The molecule has 1 aliphatic rings. The number of hydrogen-bond acceptors (Lipinski definition) is 9. The molecule has 0 aliphatic carbocycles. The number of aliphatic imine (C=N–C) groups is 1. The average Bonchev–Trinajstić information content (AvgIpc) is 2.84. The molecule has 0 radical (unpaired) electrons. The summed E-state index contributed by atoms with van der Waals surface area (Å²) in [7, 11) is 6.13. The third-order valence-electron chi connectivity index (χ3n) is 5.12. The zero-order valence-electron chi connectivity index (χ0n) is 19.2. The molecule has 0 atom stereocenters. The molecule has 0 fully saturated rings. The van der Waals surface area contributed by atoms with Gasteiger partial charge in [-0.25, -0.2) is 9.79 Å². The van der Waals surface area contributed by atoms with Crippen molar-refractivity contribution in [1.82, 2.24) is 4.90 Å². The van der Waals surface area contributed by atoms with Crippen LogP contribution in [0.25, 0.3) is 5.70 Å². The predicted octanol–water partition coefficient (Wildman–Crippen LogP) is 3.52. The minimum absolute atomic E-state index is 0.000837. The molecule has 2 aromatic rings. The largest absolute Gasteiger partial charge is 0.507 e. The maximum atomic E-state index is 12.5. The van der Waals surface area contributed by atoms with E-state index in [2.05, 4.69) is 9.73 Å². The average molecular weight is 465 g/mol. The van der Waals surface area contributed by atoms with Gasteiger partial charge in [0.2, 0.25) is 6.54 Å². The van der Waals surface area contributed by atoms with Gasteiger partial charge in [-0.3, -0.25) is 5.41 Å². The van der Waals surface area contributed by atoms with Gasteiger partial charge in [0.25, 0.3) is 5.69 Å². The minimum Gasteiger partial charge on any atom is -0.507 e. The van der Waals surface area contributed by atoms with Crippen molar-refractivity contribution in [3.05, 3.63) is 70.4 Å². The van der Waals surface area contributed by atoms with Crippen LogP contribution in [0.4, 0.5) is 5.69 Å². The molecule has 0 aromatic heterocycles. The Balaban J connectivity index is 1.75. The Morgan fingerprint density at radius 2 is 1.88 bits per heavy atom. The summed E-state index contributed by atoms with van der Waals surface area (Å²) < 4.78 is 15.8. The molecule has 2 aromatic carbocycles. The monoisotopic (exact) mass is 465 g/mol. The van der Waals surface area contributed by atoms with Gasteiger partial charge in [0, 0.05) is 40.6 Å². The third kappa shape index (κ3) is 5.12. The lowest BCUT2D eigenvalue weighted by molar-refractivity contribution is -0.445. The van der Waals surface area contributed by atoms with Gasteiger partial charge in [0.15, 0.2) is 11.5 Å². The topological polar surface area (TPSA) is 125 Å². The highest BCUT2D eigenvalue weighted by Crippen LogP contribution is 2.33. The number of ether oxygens (including phenoxy) is 3. The van der Waals surface area contributed by atoms with E-state index in [1.54, 1.807) is 38.4 Å². The Bertz CT molecular complexity index is 1230. The van der Waals surface area contributed by atoms with Crippen LogP contribution in [0.1, 0.15) is 15.9 Å². The quantitative estimate of drug-likeness (QED) is 0.347. The molecule has 0 unspecified atom stereocenters. The van der Waals surface area contributed by atoms with Crippen molar-refractivity contribution in [2.24, 2.45) is 4.99 Å². The first-order valence-corrected chi connectivity index (χ1v) is 10.1. The van der Waals surface area contributed by atoms with E-state index in [4.69, 9.17) is 14.9 Å². The predicted molar refractivity (Wildman–Crippen MR) is 127 cm³/mol. The smallest absolute Gasteiger partial charge is 0.341 e. The molecule has 34 heavy (non-hydrogen) atoms. The summed E-state index contributed by atoms with van der Waals surface area (Å²) in [5, 5.41) is 18.3. The van der Waals surface area contributed by atoms with Crippen LogP contribution < -0.4 is 9.47 Å². The van der Waals surface area contributed by atoms with E-state index in [0.29, 0.717) is 22.1 Å². The van der Waals surface area contributed by atoms with Gasteiger partial charge < -0.3 is 24.2 Å². The Morgan fingerprint density at radius 3 is 2.53 bits per heavy atom. The molecule has 1 heterocycles. The number of carbonyl (C=O) groups excluding carboxylic acids is 1. The molecule has 176 valence electrons. The molecule has 2 N–H and O–H groups in total. The summed E-state index contributed by atoms with van der Waals surface area (Å²) >= 11 is 0. The number of aromatic hydroxyl groups is 1. The normalized spacial score (nSPS) is 13.9. The SMILES string of the molecule is COC(=O)c1ccc([N+](=O)CC(=N)/C=C2/N=CC=C(c3ccc(OC)c(OC)c3)N2C)cc1O. The Morgan fingerprint density at radius 1 is 1.15 bits per heavy atom. The van der Waals surface area contributed by atoms with Gasteiger partial charge in [-0.2, -0.15) is 0 Å². The summed E-state index contributed by atoms with van der Waals surface area (Å²) in [5.41, 5.74) is 1.72. The van der Waals surface area contributed by atoms with Crippen molar-refractivity contribution in [2.75, 3.05) is 34.9 Å². The molecule has 1 aliphatic heterocycles. The molecular formula is C24H25N4O6+. The van der Waals surface area contributed by atoms with Crippen LogP contribution >= 0.6 is 0 Å². The van der Waals surface area contributed by atoms with Crippen LogP contribution in [0.2, 0.25) is 0 Å². The number of rotatable bonds is 8. The Kier molecular flexibility index (Phi) is 7.42. The second-order valence-corrected chi connectivity index (χ2v) is 7.22. The summed E-state index contributed by atoms with van der Waals surface area (Å²) in [6.07, 6.45) is 4.93. The molecule has 0 saturated carbocycles. The van der Waals surface area contributed by atoms with Crippen LogP contribution in [-0.4, -0.2) is 67.6 Å². The zero-order chi connectivity index (χ0) is 24.8. The maximum Gasteiger partial charge on any atom is 0.341 e. The lowest BCUT2D eigenvalue weighted by Crippen LogP contribution is -2.21. The standard InChI is InChI=1S/C24H24N4O6/c1-27-19(15-5-8-21(32-2)22(11-15)33-3)9-10-26-23(27)12-16(25)14-28(31)17-6-7-18(20(29)13-17)24(30)34-4/h5-13,25H,14H2,1-4H3/p+1/b23-12-,25-16?. The van der Waals surface area contributed by atoms with Crippen LogP contribution in [0, 0.1) is 10.3 Å². The second-order valence-electron chi connectivity index (χ2n) is 7.22. The first-order valence-electron chi connectivity index (χ1n) is 10.1. The van der Waals surface area contributed by atoms with Crippen molar-refractivity contribution < 1.29 is 28.9 Å². The summed E-state index contributed by atoms with van der Waals surface area (Å²) in [6.45, 7) is -0.292. The van der Waals surface area contributed by atoms with Gasteiger partial charge in [0.05, 0.1) is 33.1 Å². The number of phenols is 1. The number of nitrogens with one attached hydrogen (secondary N) is 1. The lowest BCUT2D eigenvalue weighted by atomic mass is 10.1. The van der Waals surface area contributed by atoms with Crippen molar-refractivity contribution in [2.45, 2.75) is 0 Å². The molecule has 0 saturated heterocycles. The van der Waals surface area contributed by atoms with E-state index >= 15 is 0 Å². The first-order chi connectivity index (χ1) is 16.3. The van der Waals surface area contributed by atoms with Gasteiger partial charge >= 0.3 is 5.97 Å². The van der Waals surface area contributed by atoms with Crippen LogP contribution in [0.3, 0.4) is 0 Å². The highest BCUT2D eigenvalue weighted by molar-refractivity contribution is 5.96. The van der Waals surface area contributed by atoms with Crippen molar-refractivity contribution >= 4 is 29.3 Å². The number of nitrogens with zero attached hydrogens (tertiary/aromatic N) is 3. The van der Waals surface area contributed by atoms with E-state index in [9.17, 15) is 14.8 Å². The molecule has 10 heteroatoms. The minimum atomic E-state index is -0.712. The Labute approximate surface area is 196 Å². The molecule has 10 nitrogen and oxygen atoms in total. The molecule has 0 bridgehead atoms. The van der Waals surface area contributed by atoms with Gasteiger partial charge in [-0.15, -0.1) is 0 Å². The van der Waals surface area contributed by atoms with E-state index in [1.165, 1.54) is 25.3 Å². The fourth-order valence-electron chi connectivity index (χ4n) is 3.33. The van der Waals surface area contributed by atoms with Crippen LogP contribution in [0.15, 0.2) is 59.4 Å². The molecule has 3 rings (SSSR count). The van der Waals surface area contributed by atoms with Crippen molar-refractivity contribution in [3.63, 3.8) is 0 Å². The lowest BCUT2D eigenvalue weighted by Gasteiger charge is -2.26. The fourth-order valence-corrected chi connectivity index (χ4v) is 3.33. The number of phenolic OH excluding ortho intramolecular Hbond substituents is 1. The van der Waals surface area contributed by atoms with Crippen LogP contribution in [0.5, 0.6) is 17.2 Å². The van der Waals surface area contributed by atoms with Gasteiger partial charge in [-0.1, -0.05) is 0 Å². The summed E-state index contributed by atoms with van der Waals surface area (Å²) in [4.78, 5) is 30.2. The van der Waals surface area contributed by atoms with Gasteiger partial charge in [0.1, 0.15) is 22.8 Å². The Hall–Kier alpha value is -4.47.